The molecule has 16 heavy (non-hydrogen) atoms. The number of aliphatic hydroxyl groups is 1. The van der Waals surface area contributed by atoms with E-state index in [2.05, 4.69) is 10.6 Å². The van der Waals surface area contributed by atoms with E-state index in [1.807, 2.05) is 23.8 Å². The lowest BCUT2D eigenvalue weighted by molar-refractivity contribution is -0.122. The Labute approximate surface area is 99.7 Å². The number of amides is 1. The summed E-state index contributed by atoms with van der Waals surface area (Å²) in [4.78, 5) is 11.4. The lowest BCUT2D eigenvalue weighted by Crippen LogP contribution is -2.43. The van der Waals surface area contributed by atoms with Gasteiger partial charge in [0, 0.05) is 13.1 Å². The molecule has 0 bridgehead atoms. The Morgan fingerprint density at radius 2 is 2.38 bits per heavy atom. The Hall–Kier alpha value is -0.910. The lowest BCUT2D eigenvalue weighted by atomic mass is 10.2. The molecule has 1 heterocycles. The third-order valence-corrected chi connectivity index (χ3v) is 2.99. The average molecular weight is 242 g/mol. The molecular weight excluding hydrogens is 224 g/mol. The van der Waals surface area contributed by atoms with Gasteiger partial charge in [-0.3, -0.25) is 4.79 Å². The highest BCUT2D eigenvalue weighted by Crippen LogP contribution is 2.15. The molecule has 0 radical (unpaired) electrons. The highest BCUT2D eigenvalue weighted by Gasteiger charge is 2.14. The minimum Gasteiger partial charge on any atom is -0.387 e. The van der Waals surface area contributed by atoms with Crippen molar-refractivity contribution in [1.82, 2.24) is 10.6 Å². The highest BCUT2D eigenvalue weighted by molar-refractivity contribution is 7.07. The molecule has 1 rings (SSSR count). The van der Waals surface area contributed by atoms with Gasteiger partial charge in [0.2, 0.25) is 5.91 Å². The van der Waals surface area contributed by atoms with E-state index in [-0.39, 0.29) is 11.9 Å². The van der Waals surface area contributed by atoms with Gasteiger partial charge in [-0.2, -0.15) is 11.3 Å². The van der Waals surface area contributed by atoms with E-state index in [9.17, 15) is 9.90 Å². The maximum absolute atomic E-state index is 11.4. The molecule has 1 aromatic heterocycles. The number of thiophene rings is 1. The van der Waals surface area contributed by atoms with Crippen LogP contribution in [0.4, 0.5) is 0 Å². The average Bonchev–Trinajstić information content (AvgIpc) is 2.79. The van der Waals surface area contributed by atoms with Crippen molar-refractivity contribution in [1.29, 1.82) is 0 Å². The highest BCUT2D eigenvalue weighted by atomic mass is 32.1. The SMILES string of the molecule is CCNC(=O)C(C)NCC(O)c1ccsc1. The molecule has 1 amide bonds. The predicted octanol–water partition coefficient (Wildman–Crippen LogP) is 0.896. The summed E-state index contributed by atoms with van der Waals surface area (Å²) < 4.78 is 0. The maximum Gasteiger partial charge on any atom is 0.236 e. The Kier molecular flexibility index (Phi) is 5.45. The smallest absolute Gasteiger partial charge is 0.236 e. The van der Waals surface area contributed by atoms with Gasteiger partial charge in [0.15, 0.2) is 0 Å². The zero-order valence-electron chi connectivity index (χ0n) is 9.56. The molecule has 0 saturated carbocycles. The molecule has 2 unspecified atom stereocenters. The van der Waals surface area contributed by atoms with Gasteiger partial charge >= 0.3 is 0 Å². The second-order valence-electron chi connectivity index (χ2n) is 3.60. The molecule has 0 aliphatic rings. The fourth-order valence-corrected chi connectivity index (χ4v) is 2.00. The van der Waals surface area contributed by atoms with Crippen molar-refractivity contribution < 1.29 is 9.90 Å². The fraction of sp³-hybridized carbons (Fsp3) is 0.545. The van der Waals surface area contributed by atoms with Crippen molar-refractivity contribution in [3.05, 3.63) is 22.4 Å². The van der Waals surface area contributed by atoms with Gasteiger partial charge in [-0.1, -0.05) is 0 Å². The number of hydrogen-bond donors (Lipinski definition) is 3. The quantitative estimate of drug-likeness (QED) is 0.694. The van der Waals surface area contributed by atoms with Crippen LogP contribution in [0, 0.1) is 0 Å². The molecule has 1 aromatic rings. The molecule has 3 N–H and O–H groups in total. The second kappa shape index (κ2) is 6.62. The first-order valence-corrected chi connectivity index (χ1v) is 6.30. The number of rotatable bonds is 6. The Morgan fingerprint density at radius 3 is 2.94 bits per heavy atom. The Morgan fingerprint density at radius 1 is 1.62 bits per heavy atom. The maximum atomic E-state index is 11.4. The van der Waals surface area contributed by atoms with E-state index in [1.54, 1.807) is 18.3 Å². The molecular formula is C11H18N2O2S. The summed E-state index contributed by atoms with van der Waals surface area (Å²) in [5.41, 5.74) is 0.889. The van der Waals surface area contributed by atoms with Gasteiger partial charge in [0.1, 0.15) is 0 Å². The first-order chi connectivity index (χ1) is 7.65. The van der Waals surface area contributed by atoms with Gasteiger partial charge in [-0.05, 0) is 36.2 Å². The number of carbonyl (C=O) groups is 1. The van der Waals surface area contributed by atoms with Gasteiger partial charge in [0.25, 0.3) is 0 Å². The van der Waals surface area contributed by atoms with Gasteiger partial charge in [-0.25, -0.2) is 0 Å². The van der Waals surface area contributed by atoms with E-state index in [4.69, 9.17) is 0 Å². The van der Waals surface area contributed by atoms with Crippen molar-refractivity contribution in [2.75, 3.05) is 13.1 Å². The number of aliphatic hydroxyl groups excluding tert-OH is 1. The van der Waals surface area contributed by atoms with E-state index in [1.165, 1.54) is 0 Å². The second-order valence-corrected chi connectivity index (χ2v) is 4.38. The molecule has 0 aliphatic carbocycles. The van der Waals surface area contributed by atoms with Crippen molar-refractivity contribution in [3.8, 4) is 0 Å². The molecule has 0 saturated heterocycles. The predicted molar refractivity (Wildman–Crippen MR) is 65.4 cm³/mol. The number of nitrogens with one attached hydrogen (secondary N) is 2. The first-order valence-electron chi connectivity index (χ1n) is 5.36. The van der Waals surface area contributed by atoms with Crippen LogP contribution in [0.5, 0.6) is 0 Å². The van der Waals surface area contributed by atoms with Crippen LogP contribution in [0.3, 0.4) is 0 Å². The largest absolute Gasteiger partial charge is 0.387 e. The summed E-state index contributed by atoms with van der Waals surface area (Å²) in [6.45, 7) is 4.67. The summed E-state index contributed by atoms with van der Waals surface area (Å²) in [5.74, 6) is -0.0416. The van der Waals surface area contributed by atoms with Crippen molar-refractivity contribution in [2.45, 2.75) is 26.0 Å². The van der Waals surface area contributed by atoms with Crippen LogP contribution in [0.1, 0.15) is 25.5 Å². The van der Waals surface area contributed by atoms with Crippen LogP contribution in [0.15, 0.2) is 16.8 Å². The van der Waals surface area contributed by atoms with Gasteiger partial charge < -0.3 is 15.7 Å². The van der Waals surface area contributed by atoms with Crippen LogP contribution >= 0.6 is 11.3 Å². The molecule has 90 valence electrons. The standard InChI is InChI=1S/C11H18N2O2S/c1-3-12-11(15)8(2)13-6-10(14)9-4-5-16-7-9/h4-5,7-8,10,13-14H,3,6H2,1-2H3,(H,12,15). The summed E-state index contributed by atoms with van der Waals surface area (Å²) in [5, 5.41) is 19.3. The zero-order chi connectivity index (χ0) is 12.0. The molecule has 5 heteroatoms. The monoisotopic (exact) mass is 242 g/mol. The van der Waals surface area contributed by atoms with E-state index in [0.717, 1.165) is 5.56 Å². The molecule has 2 atom stereocenters. The van der Waals surface area contributed by atoms with Crippen LogP contribution in [0.2, 0.25) is 0 Å². The van der Waals surface area contributed by atoms with E-state index >= 15 is 0 Å². The molecule has 0 spiro atoms. The lowest BCUT2D eigenvalue weighted by Gasteiger charge is -2.15. The number of hydrogen-bond acceptors (Lipinski definition) is 4. The minimum atomic E-state index is -0.553. The van der Waals surface area contributed by atoms with Gasteiger partial charge in [0.05, 0.1) is 12.1 Å². The summed E-state index contributed by atoms with van der Waals surface area (Å²) in [6.07, 6.45) is -0.553. The summed E-state index contributed by atoms with van der Waals surface area (Å²) in [6, 6.07) is 1.60. The first kappa shape index (κ1) is 13.2. The Bertz CT molecular complexity index is 314. The van der Waals surface area contributed by atoms with Crippen LogP contribution in [-0.4, -0.2) is 30.1 Å². The topological polar surface area (TPSA) is 61.4 Å². The van der Waals surface area contributed by atoms with E-state index in [0.29, 0.717) is 13.1 Å². The minimum absolute atomic E-state index is 0.0416. The molecule has 0 aromatic carbocycles. The Balaban J connectivity index is 2.31. The van der Waals surface area contributed by atoms with Crippen LogP contribution in [0.25, 0.3) is 0 Å². The van der Waals surface area contributed by atoms with Crippen molar-refractivity contribution >= 4 is 17.2 Å². The molecule has 0 aliphatic heterocycles. The fourth-order valence-electron chi connectivity index (χ4n) is 1.29. The summed E-state index contributed by atoms with van der Waals surface area (Å²) in [7, 11) is 0. The normalized spacial score (nSPS) is 14.4. The number of carbonyl (C=O) groups excluding carboxylic acids is 1. The van der Waals surface area contributed by atoms with Crippen molar-refractivity contribution in [2.24, 2.45) is 0 Å². The molecule has 0 fully saturated rings. The third kappa shape index (κ3) is 3.92. The molecule has 4 nitrogen and oxygen atoms in total. The van der Waals surface area contributed by atoms with Crippen LogP contribution < -0.4 is 10.6 Å². The zero-order valence-corrected chi connectivity index (χ0v) is 10.4. The summed E-state index contributed by atoms with van der Waals surface area (Å²) >= 11 is 1.55. The van der Waals surface area contributed by atoms with Gasteiger partial charge in [-0.15, -0.1) is 0 Å². The van der Waals surface area contributed by atoms with Crippen LogP contribution in [-0.2, 0) is 4.79 Å². The van der Waals surface area contributed by atoms with Crippen molar-refractivity contribution in [3.63, 3.8) is 0 Å². The third-order valence-electron chi connectivity index (χ3n) is 2.29. The van der Waals surface area contributed by atoms with E-state index < -0.39 is 6.10 Å². The number of likely N-dealkylation sites (N-methyl/N-ethyl adjacent to an activating group) is 1.